The van der Waals surface area contributed by atoms with Crippen LogP contribution >= 0.6 is 0 Å². The minimum Gasteiger partial charge on any atom is -0.313 e. The van der Waals surface area contributed by atoms with Crippen LogP contribution in [0.25, 0.3) is 5.70 Å². The summed E-state index contributed by atoms with van der Waals surface area (Å²) in [6, 6.07) is 29.5. The van der Waals surface area contributed by atoms with E-state index in [1.54, 1.807) is 0 Å². The van der Waals surface area contributed by atoms with Crippen LogP contribution < -0.4 is 0 Å². The van der Waals surface area contributed by atoms with Gasteiger partial charge in [0, 0.05) is 34.7 Å². The number of ketones is 1. The third kappa shape index (κ3) is 2.70. The predicted molar refractivity (Wildman–Crippen MR) is 136 cm³/mol. The molecule has 3 atom stereocenters. The number of carbonyl (C=O) groups excluding carboxylic acids is 1. The molecule has 7 rings (SSSR count). The lowest BCUT2D eigenvalue weighted by Gasteiger charge is -2.53. The van der Waals surface area contributed by atoms with Gasteiger partial charge >= 0.3 is 0 Å². The maximum Gasteiger partial charge on any atom is 0.188 e. The molecule has 0 bridgehead atoms. The van der Waals surface area contributed by atoms with E-state index in [4.69, 9.17) is 4.99 Å². The highest BCUT2D eigenvalue weighted by Gasteiger charge is 2.57. The molecular weight excluding hydrogens is 416 g/mol. The van der Waals surface area contributed by atoms with Gasteiger partial charge in [0.05, 0.1) is 11.4 Å². The molecule has 0 radical (unpaired) electrons. The number of hydrogen-bond donors (Lipinski definition) is 0. The molecule has 1 saturated carbocycles. The lowest BCUT2D eigenvalue weighted by atomic mass is 9.66. The van der Waals surface area contributed by atoms with Gasteiger partial charge in [0.2, 0.25) is 0 Å². The van der Waals surface area contributed by atoms with Gasteiger partial charge < -0.3 is 4.90 Å². The fourth-order valence-corrected chi connectivity index (χ4v) is 6.64. The third-order valence-electron chi connectivity index (χ3n) is 8.06. The summed E-state index contributed by atoms with van der Waals surface area (Å²) in [6.07, 6.45) is 8.79. The molecule has 2 aliphatic heterocycles. The van der Waals surface area contributed by atoms with Crippen molar-refractivity contribution in [2.45, 2.75) is 37.3 Å². The Morgan fingerprint density at radius 3 is 2.29 bits per heavy atom. The molecule has 3 aromatic rings. The number of aliphatic imine (C=N–C) groups is 1. The molecule has 0 amide bonds. The predicted octanol–water partition coefficient (Wildman–Crippen LogP) is 6.60. The highest BCUT2D eigenvalue weighted by molar-refractivity contribution is 6.27. The van der Waals surface area contributed by atoms with Crippen molar-refractivity contribution in [1.29, 1.82) is 0 Å². The Labute approximate surface area is 200 Å². The van der Waals surface area contributed by atoms with Gasteiger partial charge in [-0.15, -0.1) is 0 Å². The highest BCUT2D eigenvalue weighted by atomic mass is 16.1. The molecular formula is C31H26N2O. The summed E-state index contributed by atoms with van der Waals surface area (Å²) >= 11 is 0. The summed E-state index contributed by atoms with van der Waals surface area (Å²) in [7, 11) is 0. The Balaban J connectivity index is 1.51. The Bertz CT molecular complexity index is 1390. The highest BCUT2D eigenvalue weighted by Crippen LogP contribution is 2.58. The Kier molecular flexibility index (Phi) is 4.29. The summed E-state index contributed by atoms with van der Waals surface area (Å²) in [5, 5.41) is 0. The maximum atomic E-state index is 13.2. The average Bonchev–Trinajstić information content (AvgIpc) is 3.23. The molecule has 3 heteroatoms. The van der Waals surface area contributed by atoms with Crippen molar-refractivity contribution in [1.82, 2.24) is 4.90 Å². The second-order valence-corrected chi connectivity index (χ2v) is 9.82. The van der Waals surface area contributed by atoms with Gasteiger partial charge in [-0.25, -0.2) is 0 Å². The van der Waals surface area contributed by atoms with E-state index in [1.165, 1.54) is 23.2 Å². The van der Waals surface area contributed by atoms with Gasteiger partial charge in [0.1, 0.15) is 5.66 Å². The van der Waals surface area contributed by atoms with Crippen LogP contribution in [0.3, 0.4) is 0 Å². The first kappa shape index (κ1) is 19.7. The normalized spacial score (nSPS) is 27.0. The molecule has 0 aromatic heterocycles. The van der Waals surface area contributed by atoms with Crippen LogP contribution in [0.4, 0.5) is 0 Å². The molecule has 166 valence electrons. The summed E-state index contributed by atoms with van der Waals surface area (Å²) in [5.74, 6) is 0.716. The van der Waals surface area contributed by atoms with E-state index in [2.05, 4.69) is 77.7 Å². The molecule has 1 spiro atoms. The first-order chi connectivity index (χ1) is 16.8. The quantitative estimate of drug-likeness (QED) is 0.448. The van der Waals surface area contributed by atoms with Crippen molar-refractivity contribution in [3.05, 3.63) is 125 Å². The molecule has 2 aliphatic carbocycles. The van der Waals surface area contributed by atoms with Crippen molar-refractivity contribution in [3.8, 4) is 0 Å². The second kappa shape index (κ2) is 7.39. The van der Waals surface area contributed by atoms with Crippen LogP contribution in [0.1, 0.15) is 58.6 Å². The zero-order valence-corrected chi connectivity index (χ0v) is 19.0. The van der Waals surface area contributed by atoms with Crippen LogP contribution in [-0.4, -0.2) is 22.1 Å². The van der Waals surface area contributed by atoms with E-state index in [9.17, 15) is 4.79 Å². The molecule has 0 unspecified atom stereocenters. The second-order valence-electron chi connectivity index (χ2n) is 9.82. The van der Waals surface area contributed by atoms with Gasteiger partial charge in [-0.2, -0.15) is 0 Å². The Hall–Kier alpha value is -3.72. The number of carbonyl (C=O) groups is 1. The third-order valence-corrected chi connectivity index (χ3v) is 8.06. The van der Waals surface area contributed by atoms with E-state index in [1.807, 2.05) is 24.3 Å². The van der Waals surface area contributed by atoms with Crippen LogP contribution in [0, 0.1) is 5.92 Å². The largest absolute Gasteiger partial charge is 0.313 e. The number of allylic oxidation sites excluding steroid dienone is 3. The molecule has 1 fully saturated rings. The lowest BCUT2D eigenvalue weighted by molar-refractivity contribution is 0.0683. The maximum absolute atomic E-state index is 13.2. The minimum atomic E-state index is -0.364. The number of nitrogens with zero attached hydrogens (tertiary/aromatic N) is 2. The van der Waals surface area contributed by atoms with Crippen LogP contribution in [0.5, 0.6) is 0 Å². The fraction of sp³-hybridized carbons (Fsp3) is 0.226. The van der Waals surface area contributed by atoms with Crippen molar-refractivity contribution >= 4 is 17.2 Å². The fourth-order valence-electron chi connectivity index (χ4n) is 6.64. The first-order valence-corrected chi connectivity index (χ1v) is 12.3. The SMILES string of the molecule is O=C1C=C2C(=N[C@]34CCCC[C@@H]3[C@@H](c3ccccc3)C=C(c3ccccc3)N24)c2ccccc21. The Morgan fingerprint density at radius 1 is 0.794 bits per heavy atom. The zero-order chi connectivity index (χ0) is 22.7. The van der Waals surface area contributed by atoms with Crippen molar-refractivity contribution in [3.63, 3.8) is 0 Å². The number of fused-ring (bicyclic) bond motifs is 4. The summed E-state index contributed by atoms with van der Waals surface area (Å²) in [6.45, 7) is 0. The van der Waals surface area contributed by atoms with E-state index in [0.29, 0.717) is 5.92 Å². The summed E-state index contributed by atoms with van der Waals surface area (Å²) in [4.78, 5) is 21.2. The van der Waals surface area contributed by atoms with E-state index < -0.39 is 0 Å². The van der Waals surface area contributed by atoms with Crippen molar-refractivity contribution < 1.29 is 4.79 Å². The van der Waals surface area contributed by atoms with Crippen molar-refractivity contribution in [2.75, 3.05) is 0 Å². The molecule has 0 saturated heterocycles. The molecule has 34 heavy (non-hydrogen) atoms. The number of benzene rings is 3. The zero-order valence-electron chi connectivity index (χ0n) is 19.0. The van der Waals surface area contributed by atoms with Gasteiger partial charge in [-0.1, -0.05) is 97.4 Å². The van der Waals surface area contributed by atoms with E-state index in [-0.39, 0.29) is 17.4 Å². The summed E-state index contributed by atoms with van der Waals surface area (Å²) < 4.78 is 0. The topological polar surface area (TPSA) is 32.7 Å². The molecule has 4 aliphatic rings. The van der Waals surface area contributed by atoms with Crippen LogP contribution in [0.15, 0.2) is 108 Å². The van der Waals surface area contributed by atoms with Crippen molar-refractivity contribution in [2.24, 2.45) is 10.9 Å². The van der Waals surface area contributed by atoms with Gasteiger partial charge in [0.15, 0.2) is 5.78 Å². The standard InChI is InChI=1S/C31H26N2O/c34-29-20-28-30(24-16-8-7-15-23(24)29)32-31-18-10-9-17-26(31)25(21-11-3-1-4-12-21)19-27(33(28)31)22-13-5-2-6-14-22/h1-8,11-16,19-20,25-26H,9-10,17-18H2/t25-,26-,31+/m1/s1. The van der Waals surface area contributed by atoms with Crippen LogP contribution in [-0.2, 0) is 0 Å². The minimum absolute atomic E-state index is 0.0755. The molecule has 3 nitrogen and oxygen atoms in total. The summed E-state index contributed by atoms with van der Waals surface area (Å²) in [5.41, 5.74) is 7.02. The van der Waals surface area contributed by atoms with Crippen LogP contribution in [0.2, 0.25) is 0 Å². The average molecular weight is 443 g/mol. The van der Waals surface area contributed by atoms with E-state index >= 15 is 0 Å². The lowest BCUT2D eigenvalue weighted by Crippen LogP contribution is -2.54. The molecule has 2 heterocycles. The van der Waals surface area contributed by atoms with Gasteiger partial charge in [0.25, 0.3) is 0 Å². The van der Waals surface area contributed by atoms with Gasteiger partial charge in [-0.05, 0) is 30.4 Å². The molecule has 0 N–H and O–H groups in total. The monoisotopic (exact) mass is 442 g/mol. The number of hydrogen-bond acceptors (Lipinski definition) is 3. The number of rotatable bonds is 2. The first-order valence-electron chi connectivity index (χ1n) is 12.3. The smallest absolute Gasteiger partial charge is 0.188 e. The Morgan fingerprint density at radius 2 is 1.50 bits per heavy atom. The molecule has 3 aromatic carbocycles. The van der Waals surface area contributed by atoms with Gasteiger partial charge in [-0.3, -0.25) is 9.79 Å². The van der Waals surface area contributed by atoms with E-state index in [0.717, 1.165) is 41.8 Å².